The minimum Gasteiger partial charge on any atom is -0.390 e. The van der Waals surface area contributed by atoms with E-state index in [-0.39, 0.29) is 5.91 Å². The molecule has 0 unspecified atom stereocenters. The van der Waals surface area contributed by atoms with Crippen molar-refractivity contribution in [2.45, 2.75) is 32.4 Å². The number of hydrogen-bond donors (Lipinski definition) is 2. The van der Waals surface area contributed by atoms with Gasteiger partial charge in [-0.25, -0.2) is 4.98 Å². The minimum absolute atomic E-state index is 0.296. The second-order valence-electron chi connectivity index (χ2n) is 8.89. The molecule has 176 valence electrons. The van der Waals surface area contributed by atoms with E-state index >= 15 is 0 Å². The number of pyridine rings is 2. The fourth-order valence-electron chi connectivity index (χ4n) is 3.68. The van der Waals surface area contributed by atoms with Crippen molar-refractivity contribution in [3.63, 3.8) is 0 Å². The van der Waals surface area contributed by atoms with E-state index in [9.17, 15) is 9.90 Å². The fourth-order valence-corrected chi connectivity index (χ4v) is 4.47. The average molecular weight is 485 g/mol. The third-order valence-electron chi connectivity index (χ3n) is 5.51. The Morgan fingerprint density at radius 3 is 2.54 bits per heavy atom. The minimum atomic E-state index is -0.777. The van der Waals surface area contributed by atoms with Crippen LogP contribution in [0.4, 0.5) is 5.69 Å². The molecule has 0 aliphatic carbocycles. The number of benzene rings is 1. The maximum Gasteiger partial charge on any atom is 0.275 e. The first kappa shape index (κ1) is 22.8. The van der Waals surface area contributed by atoms with E-state index in [4.69, 9.17) is 0 Å². The summed E-state index contributed by atoms with van der Waals surface area (Å²) in [4.78, 5) is 26.0. The van der Waals surface area contributed by atoms with Crippen LogP contribution in [0, 0.1) is 0 Å². The van der Waals surface area contributed by atoms with Crippen molar-refractivity contribution >= 4 is 33.8 Å². The molecule has 0 bridgehead atoms. The summed E-state index contributed by atoms with van der Waals surface area (Å²) in [6.07, 6.45) is 9.39. The number of fused-ring (bicyclic) bond motifs is 1. The van der Waals surface area contributed by atoms with Crippen LogP contribution in [0.15, 0.2) is 72.8 Å². The van der Waals surface area contributed by atoms with Gasteiger partial charge in [-0.3, -0.25) is 19.4 Å². The second kappa shape index (κ2) is 9.36. The smallest absolute Gasteiger partial charge is 0.275 e. The SMILES string of the molecule is CC(C)(O)CCn1cc2cc(NC(=O)c3csc(-c4cccnc4)n3)c(-c3cccnc3)cc2n1. The number of thiazole rings is 1. The predicted octanol–water partition coefficient (Wildman–Crippen LogP) is 5.03. The van der Waals surface area contributed by atoms with E-state index in [1.54, 1.807) is 44.0 Å². The van der Waals surface area contributed by atoms with Crippen LogP contribution in [0.1, 0.15) is 30.8 Å². The van der Waals surface area contributed by atoms with Crippen LogP contribution in [0.25, 0.3) is 32.6 Å². The number of nitrogens with zero attached hydrogens (tertiary/aromatic N) is 5. The molecule has 4 aromatic heterocycles. The third kappa shape index (κ3) is 5.26. The summed E-state index contributed by atoms with van der Waals surface area (Å²) in [5, 5.41) is 21.1. The van der Waals surface area contributed by atoms with E-state index in [0.717, 1.165) is 32.6 Å². The topological polar surface area (TPSA) is 106 Å². The highest BCUT2D eigenvalue weighted by Crippen LogP contribution is 2.33. The average Bonchev–Trinajstić information content (AvgIpc) is 3.50. The Balaban J connectivity index is 1.48. The maximum atomic E-state index is 13.1. The van der Waals surface area contributed by atoms with Crippen LogP contribution in [0.2, 0.25) is 0 Å². The first-order valence-electron chi connectivity index (χ1n) is 11.2. The Morgan fingerprint density at radius 2 is 1.86 bits per heavy atom. The lowest BCUT2D eigenvalue weighted by Crippen LogP contribution is -2.21. The molecular formula is C26H24N6O2S. The summed E-state index contributed by atoms with van der Waals surface area (Å²) in [5.74, 6) is -0.296. The van der Waals surface area contributed by atoms with E-state index in [2.05, 4.69) is 25.4 Å². The number of carbonyl (C=O) groups excluding carboxylic acids is 1. The molecule has 1 amide bonds. The lowest BCUT2D eigenvalue weighted by atomic mass is 10.0. The van der Waals surface area contributed by atoms with Crippen LogP contribution < -0.4 is 5.32 Å². The van der Waals surface area contributed by atoms with Gasteiger partial charge in [-0.2, -0.15) is 5.10 Å². The Morgan fingerprint density at radius 1 is 1.11 bits per heavy atom. The molecule has 8 nitrogen and oxygen atoms in total. The Bertz CT molecular complexity index is 1470. The molecule has 0 fully saturated rings. The summed E-state index contributed by atoms with van der Waals surface area (Å²) in [7, 11) is 0. The van der Waals surface area contributed by atoms with Gasteiger partial charge in [0.1, 0.15) is 10.7 Å². The number of aliphatic hydroxyl groups is 1. The van der Waals surface area contributed by atoms with Gasteiger partial charge in [0, 0.05) is 70.7 Å². The number of hydrogen-bond acceptors (Lipinski definition) is 7. The molecule has 5 rings (SSSR count). The molecule has 0 saturated heterocycles. The Kier molecular flexibility index (Phi) is 6.10. The van der Waals surface area contributed by atoms with Crippen LogP contribution in [0.3, 0.4) is 0 Å². The predicted molar refractivity (Wildman–Crippen MR) is 137 cm³/mol. The second-order valence-corrected chi connectivity index (χ2v) is 9.74. The summed E-state index contributed by atoms with van der Waals surface area (Å²) >= 11 is 1.40. The number of amides is 1. The van der Waals surface area contributed by atoms with Gasteiger partial charge in [-0.05, 0) is 50.6 Å². The largest absolute Gasteiger partial charge is 0.390 e. The van der Waals surface area contributed by atoms with E-state index in [1.807, 2.05) is 47.3 Å². The monoisotopic (exact) mass is 484 g/mol. The van der Waals surface area contributed by atoms with E-state index in [0.29, 0.717) is 24.3 Å². The third-order valence-corrected chi connectivity index (χ3v) is 6.40. The van der Waals surface area contributed by atoms with Gasteiger partial charge in [0.05, 0.1) is 11.1 Å². The van der Waals surface area contributed by atoms with Crippen LogP contribution in [-0.2, 0) is 6.54 Å². The summed E-state index contributed by atoms with van der Waals surface area (Å²) in [6.45, 7) is 4.14. The van der Waals surface area contributed by atoms with E-state index in [1.165, 1.54) is 11.3 Å². The zero-order valence-corrected chi connectivity index (χ0v) is 20.2. The van der Waals surface area contributed by atoms with Crippen LogP contribution in [-0.4, -0.2) is 41.3 Å². The first-order chi connectivity index (χ1) is 16.9. The summed E-state index contributed by atoms with van der Waals surface area (Å²) in [5.41, 5.74) is 3.55. The van der Waals surface area contributed by atoms with Crippen LogP contribution >= 0.6 is 11.3 Å². The van der Waals surface area contributed by atoms with Gasteiger partial charge >= 0.3 is 0 Å². The Hall–Kier alpha value is -3.95. The van der Waals surface area contributed by atoms with Gasteiger partial charge in [0.2, 0.25) is 0 Å². The van der Waals surface area contributed by atoms with Gasteiger partial charge in [-0.15, -0.1) is 11.3 Å². The molecule has 1 aromatic carbocycles. The highest BCUT2D eigenvalue weighted by atomic mass is 32.1. The number of nitrogens with one attached hydrogen (secondary N) is 1. The zero-order chi connectivity index (χ0) is 24.4. The molecule has 9 heteroatoms. The number of carbonyl (C=O) groups is 1. The van der Waals surface area contributed by atoms with E-state index < -0.39 is 5.60 Å². The quantitative estimate of drug-likeness (QED) is 0.336. The molecule has 0 aliphatic heterocycles. The highest BCUT2D eigenvalue weighted by molar-refractivity contribution is 7.13. The molecule has 0 radical (unpaired) electrons. The molecule has 35 heavy (non-hydrogen) atoms. The van der Waals surface area contributed by atoms with Crippen molar-refractivity contribution in [2.24, 2.45) is 0 Å². The van der Waals surface area contributed by atoms with Gasteiger partial charge in [0.25, 0.3) is 5.91 Å². The molecule has 0 spiro atoms. The van der Waals surface area contributed by atoms with Crippen molar-refractivity contribution in [1.82, 2.24) is 24.7 Å². The molecule has 2 N–H and O–H groups in total. The fraction of sp³-hybridized carbons (Fsp3) is 0.192. The first-order valence-corrected chi connectivity index (χ1v) is 12.0. The van der Waals surface area contributed by atoms with Crippen molar-refractivity contribution in [1.29, 1.82) is 0 Å². The normalized spacial score (nSPS) is 11.6. The van der Waals surface area contributed by atoms with Crippen molar-refractivity contribution in [3.8, 4) is 21.7 Å². The standard InChI is InChI=1S/C26H24N6O2S/c1-26(2,34)7-10-32-15-19-11-22(20(12-21(19)31-32)17-5-3-8-27-13-17)29-24(33)23-16-35-25(30-23)18-6-4-9-28-14-18/h3-6,8-9,11-16,34H,7,10H2,1-2H3,(H,29,33). The van der Waals surface area contributed by atoms with Crippen LogP contribution in [0.5, 0.6) is 0 Å². The molecule has 4 heterocycles. The van der Waals surface area contributed by atoms with Crippen molar-refractivity contribution in [2.75, 3.05) is 5.32 Å². The zero-order valence-electron chi connectivity index (χ0n) is 19.3. The number of rotatable bonds is 7. The number of anilines is 1. The molecule has 0 saturated carbocycles. The lowest BCUT2D eigenvalue weighted by molar-refractivity contribution is 0.0651. The molecule has 5 aromatic rings. The summed E-state index contributed by atoms with van der Waals surface area (Å²) in [6, 6.07) is 11.4. The Labute approximate surface area is 206 Å². The molecular weight excluding hydrogens is 460 g/mol. The van der Waals surface area contributed by atoms with Gasteiger partial charge in [0.15, 0.2) is 0 Å². The molecule has 0 atom stereocenters. The maximum absolute atomic E-state index is 13.1. The number of aryl methyl sites for hydroxylation is 1. The highest BCUT2D eigenvalue weighted by Gasteiger charge is 2.17. The van der Waals surface area contributed by atoms with Crippen molar-refractivity contribution in [3.05, 3.63) is 78.5 Å². The number of aromatic nitrogens is 5. The van der Waals surface area contributed by atoms with Gasteiger partial charge < -0.3 is 10.4 Å². The van der Waals surface area contributed by atoms with Crippen molar-refractivity contribution < 1.29 is 9.90 Å². The lowest BCUT2D eigenvalue weighted by Gasteiger charge is -2.16. The van der Waals surface area contributed by atoms with Gasteiger partial charge in [-0.1, -0.05) is 6.07 Å². The summed E-state index contributed by atoms with van der Waals surface area (Å²) < 4.78 is 1.82. The molecule has 0 aliphatic rings.